The molecular formula is C22H22N2O4. The average molecular weight is 378 g/mol. The van der Waals surface area contributed by atoms with Gasteiger partial charge < -0.3 is 14.2 Å². The molecule has 6 heteroatoms. The van der Waals surface area contributed by atoms with Gasteiger partial charge in [0.25, 0.3) is 0 Å². The molecule has 28 heavy (non-hydrogen) atoms. The normalized spacial score (nSPS) is 10.9. The average Bonchev–Trinajstić information content (AvgIpc) is 3.19. The molecule has 3 aromatic rings. The number of hydrogen-bond donors (Lipinski definition) is 1. The van der Waals surface area contributed by atoms with Crippen molar-refractivity contribution in [2.24, 2.45) is 0 Å². The van der Waals surface area contributed by atoms with Crippen LogP contribution in [0.2, 0.25) is 0 Å². The van der Waals surface area contributed by atoms with Gasteiger partial charge in [-0.2, -0.15) is 5.10 Å². The number of aromatic nitrogens is 2. The van der Waals surface area contributed by atoms with Gasteiger partial charge in [-0.3, -0.25) is 9.89 Å². The van der Waals surface area contributed by atoms with Crippen LogP contribution in [0.1, 0.15) is 21.6 Å². The van der Waals surface area contributed by atoms with Gasteiger partial charge >= 0.3 is 0 Å². The summed E-state index contributed by atoms with van der Waals surface area (Å²) >= 11 is 0. The first-order valence-electron chi connectivity index (χ1n) is 8.70. The first kappa shape index (κ1) is 19.2. The maximum absolute atomic E-state index is 12.5. The number of methoxy groups -OCH3 is 3. The number of aromatic amines is 1. The van der Waals surface area contributed by atoms with Gasteiger partial charge in [0.2, 0.25) is 0 Å². The molecule has 0 unspecified atom stereocenters. The number of aryl methyl sites for hydroxylation is 1. The van der Waals surface area contributed by atoms with Crippen LogP contribution in [0, 0.1) is 6.92 Å². The molecule has 0 fully saturated rings. The van der Waals surface area contributed by atoms with Gasteiger partial charge in [0, 0.05) is 11.1 Å². The number of benzene rings is 2. The Bertz CT molecular complexity index is 1020. The Balaban J connectivity index is 1.78. The van der Waals surface area contributed by atoms with E-state index in [9.17, 15) is 4.79 Å². The number of ether oxygens (including phenoxy) is 3. The minimum Gasteiger partial charge on any atom is -0.497 e. The summed E-state index contributed by atoms with van der Waals surface area (Å²) < 4.78 is 15.7. The highest BCUT2D eigenvalue weighted by molar-refractivity contribution is 6.07. The number of hydrogen-bond acceptors (Lipinski definition) is 5. The summed E-state index contributed by atoms with van der Waals surface area (Å²) in [7, 11) is 4.73. The summed E-state index contributed by atoms with van der Waals surface area (Å²) in [5.41, 5.74) is 4.11. The van der Waals surface area contributed by atoms with Gasteiger partial charge in [-0.05, 0) is 67.1 Å². The van der Waals surface area contributed by atoms with Crippen molar-refractivity contribution >= 4 is 11.9 Å². The van der Waals surface area contributed by atoms with Crippen molar-refractivity contribution in [3.8, 4) is 28.5 Å². The molecule has 0 atom stereocenters. The van der Waals surface area contributed by atoms with Crippen LogP contribution in [0.25, 0.3) is 17.3 Å². The topological polar surface area (TPSA) is 73.4 Å². The number of nitrogens with zero attached hydrogens (tertiary/aromatic N) is 1. The highest BCUT2D eigenvalue weighted by Gasteiger charge is 2.10. The minimum absolute atomic E-state index is 0.141. The van der Waals surface area contributed by atoms with Crippen molar-refractivity contribution in [1.29, 1.82) is 0 Å². The van der Waals surface area contributed by atoms with E-state index in [1.165, 1.54) is 13.2 Å². The molecule has 1 heterocycles. The van der Waals surface area contributed by atoms with Crippen LogP contribution in [-0.4, -0.2) is 37.3 Å². The van der Waals surface area contributed by atoms with E-state index in [0.29, 0.717) is 17.1 Å². The highest BCUT2D eigenvalue weighted by Crippen LogP contribution is 2.28. The Morgan fingerprint density at radius 2 is 1.75 bits per heavy atom. The number of H-pyrrole nitrogens is 1. The summed E-state index contributed by atoms with van der Waals surface area (Å²) in [5, 5.41) is 7.28. The fourth-order valence-corrected chi connectivity index (χ4v) is 2.86. The molecule has 0 aliphatic rings. The van der Waals surface area contributed by atoms with Crippen molar-refractivity contribution in [3.63, 3.8) is 0 Å². The Labute approximate surface area is 163 Å². The molecule has 1 N–H and O–H groups in total. The molecule has 2 aromatic carbocycles. The molecule has 1 aromatic heterocycles. The van der Waals surface area contributed by atoms with E-state index in [2.05, 4.69) is 10.2 Å². The molecule has 0 aliphatic heterocycles. The van der Waals surface area contributed by atoms with Crippen LogP contribution in [0.3, 0.4) is 0 Å². The first-order chi connectivity index (χ1) is 13.5. The van der Waals surface area contributed by atoms with Crippen molar-refractivity contribution in [1.82, 2.24) is 10.2 Å². The molecule has 0 amide bonds. The maximum Gasteiger partial charge on any atom is 0.186 e. The minimum atomic E-state index is -0.141. The van der Waals surface area contributed by atoms with Crippen LogP contribution < -0.4 is 14.2 Å². The molecule has 6 nitrogen and oxygen atoms in total. The summed E-state index contributed by atoms with van der Waals surface area (Å²) in [6.07, 6.45) is 3.20. The zero-order valence-electron chi connectivity index (χ0n) is 16.3. The van der Waals surface area contributed by atoms with Crippen LogP contribution >= 0.6 is 0 Å². The predicted molar refractivity (Wildman–Crippen MR) is 108 cm³/mol. The Morgan fingerprint density at radius 3 is 2.43 bits per heavy atom. The lowest BCUT2D eigenvalue weighted by atomic mass is 10.1. The number of allylic oxidation sites excluding steroid dienone is 1. The van der Waals surface area contributed by atoms with Gasteiger partial charge in [-0.1, -0.05) is 0 Å². The lowest BCUT2D eigenvalue weighted by Gasteiger charge is -2.07. The molecule has 0 spiro atoms. The second-order valence-electron chi connectivity index (χ2n) is 6.16. The summed E-state index contributed by atoms with van der Waals surface area (Å²) in [6, 6.07) is 12.8. The number of rotatable bonds is 7. The van der Waals surface area contributed by atoms with Crippen molar-refractivity contribution < 1.29 is 19.0 Å². The quantitative estimate of drug-likeness (QED) is 0.490. The van der Waals surface area contributed by atoms with Gasteiger partial charge in [0.15, 0.2) is 17.3 Å². The third-order valence-electron chi connectivity index (χ3n) is 4.39. The number of nitrogens with one attached hydrogen (secondary N) is 1. The second-order valence-corrected chi connectivity index (χ2v) is 6.16. The number of carbonyl (C=O) groups is 1. The van der Waals surface area contributed by atoms with Crippen LogP contribution in [0.5, 0.6) is 17.2 Å². The number of carbonyl (C=O) groups excluding carboxylic acids is 1. The van der Waals surface area contributed by atoms with E-state index in [-0.39, 0.29) is 5.78 Å². The number of ketones is 1. The van der Waals surface area contributed by atoms with E-state index in [0.717, 1.165) is 28.3 Å². The second kappa shape index (κ2) is 8.43. The molecule has 0 bridgehead atoms. The first-order valence-corrected chi connectivity index (χ1v) is 8.70. The zero-order chi connectivity index (χ0) is 20.1. The zero-order valence-corrected chi connectivity index (χ0v) is 16.3. The van der Waals surface area contributed by atoms with E-state index >= 15 is 0 Å². The van der Waals surface area contributed by atoms with Gasteiger partial charge in [0.1, 0.15) is 5.75 Å². The van der Waals surface area contributed by atoms with Crippen molar-refractivity contribution in [2.75, 3.05) is 21.3 Å². The van der Waals surface area contributed by atoms with E-state index in [1.807, 2.05) is 31.2 Å². The predicted octanol–water partition coefficient (Wildman–Crippen LogP) is 4.31. The molecular weight excluding hydrogens is 356 g/mol. The van der Waals surface area contributed by atoms with Crippen LogP contribution in [0.15, 0.2) is 48.5 Å². The van der Waals surface area contributed by atoms with E-state index < -0.39 is 0 Å². The highest BCUT2D eigenvalue weighted by atomic mass is 16.5. The standard InChI is InChI=1S/C22H22N2O4/c1-14-11-17(26-2)7-8-18(14)19-13-16(23-24-19)6-9-20(25)15-5-10-21(27-3)22(12-15)28-4/h5-13H,1-4H3,(H,23,24)/b9-6+. The Hall–Kier alpha value is -3.54. The van der Waals surface area contributed by atoms with Gasteiger partial charge in [-0.15, -0.1) is 0 Å². The SMILES string of the molecule is COc1ccc(-c2cc(/C=C/C(=O)c3ccc(OC)c(OC)c3)[nH]n2)c(C)c1. The Kier molecular flexibility index (Phi) is 5.79. The molecule has 0 radical (unpaired) electrons. The molecule has 0 aliphatic carbocycles. The molecule has 0 saturated heterocycles. The summed E-state index contributed by atoms with van der Waals surface area (Å²) in [4.78, 5) is 12.5. The van der Waals surface area contributed by atoms with E-state index in [1.54, 1.807) is 38.5 Å². The monoisotopic (exact) mass is 378 g/mol. The van der Waals surface area contributed by atoms with Crippen LogP contribution in [0.4, 0.5) is 0 Å². The van der Waals surface area contributed by atoms with Gasteiger partial charge in [0.05, 0.1) is 32.7 Å². The largest absolute Gasteiger partial charge is 0.497 e. The fraction of sp³-hybridized carbons (Fsp3) is 0.182. The van der Waals surface area contributed by atoms with Gasteiger partial charge in [-0.25, -0.2) is 0 Å². The van der Waals surface area contributed by atoms with E-state index in [4.69, 9.17) is 14.2 Å². The lowest BCUT2D eigenvalue weighted by Crippen LogP contribution is -1.97. The molecule has 3 rings (SSSR count). The molecule has 0 saturated carbocycles. The molecule has 144 valence electrons. The summed E-state index contributed by atoms with van der Waals surface area (Å²) in [6.45, 7) is 2.00. The third-order valence-corrected chi connectivity index (χ3v) is 4.39. The maximum atomic E-state index is 12.5. The van der Waals surface area contributed by atoms with Crippen molar-refractivity contribution in [3.05, 3.63) is 65.4 Å². The Morgan fingerprint density at radius 1 is 0.964 bits per heavy atom. The van der Waals surface area contributed by atoms with Crippen LogP contribution in [-0.2, 0) is 0 Å². The summed E-state index contributed by atoms with van der Waals surface area (Å²) in [5.74, 6) is 1.76. The fourth-order valence-electron chi connectivity index (χ4n) is 2.86. The third kappa shape index (κ3) is 4.06. The lowest BCUT2D eigenvalue weighted by molar-refractivity contribution is 0.104. The van der Waals surface area contributed by atoms with Crippen molar-refractivity contribution in [2.45, 2.75) is 6.92 Å². The smallest absolute Gasteiger partial charge is 0.186 e.